The van der Waals surface area contributed by atoms with E-state index in [0.717, 1.165) is 26.5 Å². The van der Waals surface area contributed by atoms with Gasteiger partial charge in [-0.05, 0) is 42.0 Å². The van der Waals surface area contributed by atoms with Crippen LogP contribution in [0.4, 0.5) is 0 Å². The Kier molecular flexibility index (Phi) is 7.10. The van der Waals surface area contributed by atoms with Crippen molar-refractivity contribution in [3.63, 3.8) is 0 Å². The number of thiocarbonyl (C=S) groups is 1. The third kappa shape index (κ3) is 4.87. The van der Waals surface area contributed by atoms with Crippen LogP contribution in [0.2, 0.25) is 10.0 Å². The number of hydrogen-bond donors (Lipinski definition) is 0. The molecule has 1 saturated heterocycles. The number of carbonyl (C=O) groups excluding carboxylic acids is 1. The zero-order chi connectivity index (χ0) is 22.1. The van der Waals surface area contributed by atoms with Crippen LogP contribution in [0.5, 0.6) is 0 Å². The largest absolute Gasteiger partial charge is 0.383 e. The van der Waals surface area contributed by atoms with E-state index in [2.05, 4.69) is 20.5 Å². The Morgan fingerprint density at radius 1 is 1.23 bits per heavy atom. The van der Waals surface area contributed by atoms with Gasteiger partial charge in [-0.1, -0.05) is 69.2 Å². The number of aromatic nitrogens is 1. The molecule has 0 saturated carbocycles. The summed E-state index contributed by atoms with van der Waals surface area (Å²) in [5.74, 6) is -0.0938. The molecule has 0 bridgehead atoms. The molecule has 0 unspecified atom stereocenters. The number of carbonyl (C=O) groups is 1. The number of benzene rings is 2. The number of thioether (sulfide) groups is 1. The van der Waals surface area contributed by atoms with Gasteiger partial charge in [0, 0.05) is 50.8 Å². The maximum Gasteiger partial charge on any atom is 0.266 e. The standard InChI is InChI=1S/C22H17BrCl2N2O2S2/c1-29-7-6-27-21(28)20(31-22(27)30)8-14-12-26(19-5-3-15(23)9-17(14)19)11-13-2-4-16(24)10-18(13)25/h2-5,8-10,12H,6-7,11H2,1H3/b20-8-. The van der Waals surface area contributed by atoms with E-state index in [-0.39, 0.29) is 5.91 Å². The number of methoxy groups -OCH3 is 1. The first-order valence-corrected chi connectivity index (χ1v) is 12.1. The van der Waals surface area contributed by atoms with Gasteiger partial charge in [0.05, 0.1) is 18.1 Å². The molecule has 9 heteroatoms. The first-order chi connectivity index (χ1) is 14.9. The molecule has 0 atom stereocenters. The van der Waals surface area contributed by atoms with Crippen molar-refractivity contribution in [3.05, 3.63) is 73.1 Å². The highest BCUT2D eigenvalue weighted by Gasteiger charge is 2.31. The van der Waals surface area contributed by atoms with E-state index in [1.54, 1.807) is 18.1 Å². The third-order valence-electron chi connectivity index (χ3n) is 4.91. The van der Waals surface area contributed by atoms with Gasteiger partial charge in [-0.3, -0.25) is 9.69 Å². The summed E-state index contributed by atoms with van der Waals surface area (Å²) in [6.07, 6.45) is 3.94. The fraction of sp³-hybridized carbons (Fsp3) is 0.182. The van der Waals surface area contributed by atoms with Crippen molar-refractivity contribution in [1.82, 2.24) is 9.47 Å². The maximum atomic E-state index is 12.9. The minimum absolute atomic E-state index is 0.0938. The van der Waals surface area contributed by atoms with E-state index in [9.17, 15) is 4.79 Å². The molecule has 4 rings (SSSR count). The van der Waals surface area contributed by atoms with Crippen LogP contribution in [0.25, 0.3) is 17.0 Å². The van der Waals surface area contributed by atoms with Gasteiger partial charge in [0.2, 0.25) is 0 Å². The summed E-state index contributed by atoms with van der Waals surface area (Å²) >= 11 is 22.7. The second-order valence-electron chi connectivity index (χ2n) is 6.94. The lowest BCUT2D eigenvalue weighted by molar-refractivity contribution is -0.122. The highest BCUT2D eigenvalue weighted by atomic mass is 79.9. The second kappa shape index (κ2) is 9.65. The van der Waals surface area contributed by atoms with Crippen LogP contribution in [-0.4, -0.2) is 40.0 Å². The lowest BCUT2D eigenvalue weighted by Gasteiger charge is -2.12. The van der Waals surface area contributed by atoms with Crippen molar-refractivity contribution >= 4 is 90.3 Å². The van der Waals surface area contributed by atoms with Gasteiger partial charge in [0.25, 0.3) is 5.91 Å². The predicted molar refractivity (Wildman–Crippen MR) is 137 cm³/mol. The van der Waals surface area contributed by atoms with Crippen molar-refractivity contribution in [3.8, 4) is 0 Å². The summed E-state index contributed by atoms with van der Waals surface area (Å²) in [4.78, 5) is 15.0. The number of halogens is 3. The van der Waals surface area contributed by atoms with Gasteiger partial charge in [-0.15, -0.1) is 0 Å². The molecular formula is C22H17BrCl2N2O2S2. The lowest BCUT2D eigenvalue weighted by atomic mass is 10.1. The normalized spacial score (nSPS) is 15.6. The Labute approximate surface area is 208 Å². The van der Waals surface area contributed by atoms with E-state index in [1.807, 2.05) is 42.6 Å². The van der Waals surface area contributed by atoms with E-state index in [4.69, 9.17) is 40.2 Å². The molecule has 160 valence electrons. The molecule has 1 fully saturated rings. The lowest BCUT2D eigenvalue weighted by Crippen LogP contribution is -2.31. The molecule has 2 aromatic carbocycles. The average Bonchev–Trinajstić information content (AvgIpc) is 3.19. The highest BCUT2D eigenvalue weighted by Crippen LogP contribution is 2.35. The molecule has 0 spiro atoms. The average molecular weight is 556 g/mol. The number of nitrogens with zero attached hydrogens (tertiary/aromatic N) is 2. The second-order valence-corrected chi connectivity index (χ2v) is 10.4. The van der Waals surface area contributed by atoms with Crippen LogP contribution in [0.15, 0.2) is 52.0 Å². The molecule has 1 aromatic heterocycles. The predicted octanol–water partition coefficient (Wildman–Crippen LogP) is 6.61. The molecule has 0 radical (unpaired) electrons. The summed E-state index contributed by atoms with van der Waals surface area (Å²) in [7, 11) is 1.60. The SMILES string of the molecule is COCCN1C(=O)/C(=C/c2cn(Cc3ccc(Cl)cc3Cl)c3ccc(Br)cc23)SC1=S. The summed E-state index contributed by atoms with van der Waals surface area (Å²) in [5, 5.41) is 2.25. The molecule has 4 nitrogen and oxygen atoms in total. The molecule has 1 aliphatic rings. The first kappa shape index (κ1) is 22.8. The Morgan fingerprint density at radius 2 is 2.03 bits per heavy atom. The molecule has 0 N–H and O–H groups in total. The number of hydrogen-bond acceptors (Lipinski definition) is 4. The van der Waals surface area contributed by atoms with Crippen LogP contribution >= 0.6 is 63.1 Å². The zero-order valence-corrected chi connectivity index (χ0v) is 21.1. The number of ether oxygens (including phenoxy) is 1. The molecule has 2 heterocycles. The topological polar surface area (TPSA) is 34.5 Å². The van der Waals surface area contributed by atoms with Crippen LogP contribution in [0.3, 0.4) is 0 Å². The van der Waals surface area contributed by atoms with Crippen LogP contribution in [0.1, 0.15) is 11.1 Å². The number of fused-ring (bicyclic) bond motifs is 1. The minimum Gasteiger partial charge on any atom is -0.383 e. The summed E-state index contributed by atoms with van der Waals surface area (Å²) in [6, 6.07) is 11.6. The fourth-order valence-corrected chi connectivity index (χ4v) is 5.52. The van der Waals surface area contributed by atoms with Gasteiger partial charge >= 0.3 is 0 Å². The van der Waals surface area contributed by atoms with Crippen LogP contribution < -0.4 is 0 Å². The number of rotatable bonds is 6. The molecule has 3 aromatic rings. The summed E-state index contributed by atoms with van der Waals surface area (Å²) in [5.41, 5.74) is 2.94. The fourth-order valence-electron chi connectivity index (χ4n) is 3.39. The van der Waals surface area contributed by atoms with Crippen molar-refractivity contribution < 1.29 is 9.53 Å². The van der Waals surface area contributed by atoms with E-state index in [0.29, 0.717) is 39.0 Å². The van der Waals surface area contributed by atoms with Crippen molar-refractivity contribution in [2.45, 2.75) is 6.54 Å². The molecular weight excluding hydrogens is 539 g/mol. The van der Waals surface area contributed by atoms with Crippen molar-refractivity contribution in [1.29, 1.82) is 0 Å². The Hall–Kier alpha value is -1.35. The third-order valence-corrected chi connectivity index (χ3v) is 7.37. The van der Waals surface area contributed by atoms with Gasteiger partial charge in [-0.2, -0.15) is 0 Å². The van der Waals surface area contributed by atoms with Crippen molar-refractivity contribution in [2.75, 3.05) is 20.3 Å². The summed E-state index contributed by atoms with van der Waals surface area (Å²) in [6.45, 7) is 1.46. The number of amides is 1. The minimum atomic E-state index is -0.0938. The van der Waals surface area contributed by atoms with E-state index < -0.39 is 0 Å². The van der Waals surface area contributed by atoms with Gasteiger partial charge in [-0.25, -0.2) is 0 Å². The van der Waals surface area contributed by atoms with Crippen LogP contribution in [-0.2, 0) is 16.1 Å². The van der Waals surface area contributed by atoms with Crippen LogP contribution in [0, 0.1) is 0 Å². The highest BCUT2D eigenvalue weighted by molar-refractivity contribution is 9.10. The summed E-state index contributed by atoms with van der Waals surface area (Å²) < 4.78 is 8.72. The van der Waals surface area contributed by atoms with Gasteiger partial charge in [0.1, 0.15) is 4.32 Å². The van der Waals surface area contributed by atoms with Crippen molar-refractivity contribution in [2.24, 2.45) is 0 Å². The maximum absolute atomic E-state index is 12.9. The van der Waals surface area contributed by atoms with Gasteiger partial charge in [0.15, 0.2) is 0 Å². The quantitative estimate of drug-likeness (QED) is 0.253. The molecule has 31 heavy (non-hydrogen) atoms. The Morgan fingerprint density at radius 3 is 2.77 bits per heavy atom. The molecule has 1 aliphatic heterocycles. The first-order valence-electron chi connectivity index (χ1n) is 9.34. The Balaban J connectivity index is 1.73. The monoisotopic (exact) mass is 554 g/mol. The molecule has 0 aliphatic carbocycles. The molecule has 1 amide bonds. The zero-order valence-electron chi connectivity index (χ0n) is 16.4. The van der Waals surface area contributed by atoms with E-state index in [1.165, 1.54) is 11.8 Å². The smallest absolute Gasteiger partial charge is 0.266 e. The Bertz CT molecular complexity index is 1230. The van der Waals surface area contributed by atoms with E-state index >= 15 is 0 Å². The van der Waals surface area contributed by atoms with Gasteiger partial charge < -0.3 is 9.30 Å².